The number of rotatable bonds is 6. The molecule has 5 nitrogen and oxygen atoms in total. The summed E-state index contributed by atoms with van der Waals surface area (Å²) in [5.74, 6) is 1.46. The summed E-state index contributed by atoms with van der Waals surface area (Å²) in [5, 5.41) is 5.10. The fourth-order valence-corrected chi connectivity index (χ4v) is 4.34. The average Bonchev–Trinajstić information content (AvgIpc) is 3.33. The molecule has 1 N–H and O–H groups in total. The maximum absolute atomic E-state index is 6.41. The third-order valence-corrected chi connectivity index (χ3v) is 6.29. The normalized spacial score (nSPS) is 18.8. The van der Waals surface area contributed by atoms with Crippen molar-refractivity contribution in [1.29, 1.82) is 0 Å². The molecule has 1 saturated heterocycles. The van der Waals surface area contributed by atoms with Crippen LogP contribution in [-0.4, -0.2) is 47.1 Å². The molecule has 0 bridgehead atoms. The molecule has 0 spiro atoms. The number of furan rings is 1. The van der Waals surface area contributed by atoms with Crippen LogP contribution in [0.5, 0.6) is 0 Å². The number of halogens is 2. The first-order valence-corrected chi connectivity index (χ1v) is 10.8. The van der Waals surface area contributed by atoms with Crippen LogP contribution in [0, 0.1) is 0 Å². The van der Waals surface area contributed by atoms with E-state index in [1.807, 2.05) is 56.6 Å². The number of likely N-dealkylation sites (N-methyl/N-ethyl adjacent to an activating group) is 1. The van der Waals surface area contributed by atoms with Crippen molar-refractivity contribution in [3.63, 3.8) is 0 Å². The van der Waals surface area contributed by atoms with Crippen molar-refractivity contribution in [1.82, 2.24) is 20.1 Å². The summed E-state index contributed by atoms with van der Waals surface area (Å²) in [6, 6.07) is 15.1. The molecule has 1 aliphatic heterocycles. The molecule has 0 amide bonds. The molecule has 3 aromatic rings. The molecule has 2 unspecified atom stereocenters. The Labute approximate surface area is 191 Å². The largest absolute Gasteiger partial charge is 0.459 e. The Morgan fingerprint density at radius 3 is 2.70 bits per heavy atom. The van der Waals surface area contributed by atoms with E-state index in [1.165, 1.54) is 0 Å². The SMILES string of the molecule is CN(C)CCN1C(=S)NC(c2ccccn2)C1c1ccc(-c2cccc(Cl)c2Cl)o1. The van der Waals surface area contributed by atoms with Crippen molar-refractivity contribution in [3.8, 4) is 11.3 Å². The fourth-order valence-electron chi connectivity index (χ4n) is 3.61. The molecule has 1 aromatic carbocycles. The van der Waals surface area contributed by atoms with Gasteiger partial charge in [-0.2, -0.15) is 0 Å². The van der Waals surface area contributed by atoms with Crippen LogP contribution in [0.4, 0.5) is 0 Å². The molecule has 1 aliphatic rings. The van der Waals surface area contributed by atoms with Gasteiger partial charge in [0.15, 0.2) is 5.11 Å². The second-order valence-electron chi connectivity index (χ2n) is 7.43. The number of nitrogens with one attached hydrogen (secondary N) is 1. The molecule has 2 aromatic heterocycles. The quantitative estimate of drug-likeness (QED) is 0.511. The van der Waals surface area contributed by atoms with E-state index < -0.39 is 0 Å². The van der Waals surface area contributed by atoms with Crippen LogP contribution in [0.2, 0.25) is 10.0 Å². The second-order valence-corrected chi connectivity index (χ2v) is 8.60. The number of aromatic nitrogens is 1. The summed E-state index contributed by atoms with van der Waals surface area (Å²) in [6.07, 6.45) is 1.79. The van der Waals surface area contributed by atoms with Crippen molar-refractivity contribution in [2.75, 3.05) is 27.2 Å². The maximum atomic E-state index is 6.41. The summed E-state index contributed by atoms with van der Waals surface area (Å²) in [4.78, 5) is 8.85. The third-order valence-electron chi connectivity index (χ3n) is 5.12. The first-order valence-electron chi connectivity index (χ1n) is 9.62. The van der Waals surface area contributed by atoms with Gasteiger partial charge in [0.05, 0.1) is 21.8 Å². The van der Waals surface area contributed by atoms with E-state index in [4.69, 9.17) is 39.8 Å². The average molecular weight is 461 g/mol. The summed E-state index contributed by atoms with van der Waals surface area (Å²) in [6.45, 7) is 1.63. The molecule has 2 atom stereocenters. The monoisotopic (exact) mass is 460 g/mol. The topological polar surface area (TPSA) is 44.5 Å². The molecule has 0 saturated carbocycles. The van der Waals surface area contributed by atoms with E-state index in [0.717, 1.165) is 30.1 Å². The maximum Gasteiger partial charge on any atom is 0.170 e. The van der Waals surface area contributed by atoms with Gasteiger partial charge in [-0.15, -0.1) is 0 Å². The van der Waals surface area contributed by atoms with Crippen LogP contribution in [0.3, 0.4) is 0 Å². The smallest absolute Gasteiger partial charge is 0.170 e. The lowest BCUT2D eigenvalue weighted by molar-refractivity contribution is 0.250. The molecule has 3 heterocycles. The standard InChI is InChI=1S/C22H22Cl2N4OS/c1-27(2)12-13-28-21(20(26-22(28)30)16-8-3-4-11-25-16)18-10-9-17(29-18)14-6-5-7-15(23)19(14)24/h3-11,20-21H,12-13H2,1-2H3,(H,26,30). The summed E-state index contributed by atoms with van der Waals surface area (Å²) in [5.41, 5.74) is 1.68. The highest BCUT2D eigenvalue weighted by atomic mass is 35.5. The Morgan fingerprint density at radius 2 is 1.97 bits per heavy atom. The highest BCUT2D eigenvalue weighted by Gasteiger charge is 2.41. The zero-order valence-electron chi connectivity index (χ0n) is 16.7. The van der Waals surface area contributed by atoms with Gasteiger partial charge < -0.3 is 19.5 Å². The van der Waals surface area contributed by atoms with Gasteiger partial charge >= 0.3 is 0 Å². The summed E-state index contributed by atoms with van der Waals surface area (Å²) >= 11 is 18.3. The van der Waals surface area contributed by atoms with Crippen LogP contribution in [-0.2, 0) is 0 Å². The minimum absolute atomic E-state index is 0.116. The molecular formula is C22H22Cl2N4OS. The van der Waals surface area contributed by atoms with Gasteiger partial charge in [0.2, 0.25) is 0 Å². The van der Waals surface area contributed by atoms with E-state index in [0.29, 0.717) is 20.9 Å². The lowest BCUT2D eigenvalue weighted by atomic mass is 10.0. The predicted molar refractivity (Wildman–Crippen MR) is 125 cm³/mol. The Morgan fingerprint density at radius 1 is 1.13 bits per heavy atom. The molecule has 0 radical (unpaired) electrons. The number of pyridine rings is 1. The zero-order chi connectivity index (χ0) is 21.3. The lowest BCUT2D eigenvalue weighted by Crippen LogP contribution is -2.35. The van der Waals surface area contributed by atoms with Gasteiger partial charge in [0.25, 0.3) is 0 Å². The van der Waals surface area contributed by atoms with Gasteiger partial charge in [-0.1, -0.05) is 35.3 Å². The molecule has 1 fully saturated rings. The highest BCUT2D eigenvalue weighted by molar-refractivity contribution is 7.80. The minimum atomic E-state index is -0.126. The number of hydrogen-bond donors (Lipinski definition) is 1. The Hall–Kier alpha value is -2.12. The van der Waals surface area contributed by atoms with Crippen LogP contribution < -0.4 is 5.32 Å². The molecule has 30 heavy (non-hydrogen) atoms. The van der Waals surface area contributed by atoms with Gasteiger partial charge in [-0.3, -0.25) is 4.98 Å². The van der Waals surface area contributed by atoms with E-state index in [9.17, 15) is 0 Å². The Balaban J connectivity index is 1.72. The first-order chi connectivity index (χ1) is 14.5. The summed E-state index contributed by atoms with van der Waals surface area (Å²) < 4.78 is 6.30. The van der Waals surface area contributed by atoms with Gasteiger partial charge in [0.1, 0.15) is 17.6 Å². The Bertz CT molecular complexity index is 1040. The molecule has 156 valence electrons. The van der Waals surface area contributed by atoms with Crippen molar-refractivity contribution < 1.29 is 4.42 Å². The van der Waals surface area contributed by atoms with Gasteiger partial charge in [-0.25, -0.2) is 0 Å². The molecular weight excluding hydrogens is 439 g/mol. The number of nitrogens with zero attached hydrogens (tertiary/aromatic N) is 3. The molecule has 0 aliphatic carbocycles. The van der Waals surface area contributed by atoms with Gasteiger partial charge in [-0.05, 0) is 62.7 Å². The van der Waals surface area contributed by atoms with Crippen LogP contribution in [0.15, 0.2) is 59.1 Å². The number of thiocarbonyl (C=S) groups is 1. The van der Waals surface area contributed by atoms with Gasteiger partial charge in [0, 0.05) is 24.8 Å². The summed E-state index contributed by atoms with van der Waals surface area (Å²) in [7, 11) is 4.09. The van der Waals surface area contributed by atoms with Crippen LogP contribution in [0.1, 0.15) is 23.5 Å². The minimum Gasteiger partial charge on any atom is -0.459 e. The number of benzene rings is 1. The Kier molecular flexibility index (Phi) is 6.29. The van der Waals surface area contributed by atoms with E-state index in [-0.39, 0.29) is 12.1 Å². The van der Waals surface area contributed by atoms with E-state index in [1.54, 1.807) is 12.3 Å². The fraction of sp³-hybridized carbons (Fsp3) is 0.273. The van der Waals surface area contributed by atoms with Crippen LogP contribution in [0.25, 0.3) is 11.3 Å². The predicted octanol–water partition coefficient (Wildman–Crippen LogP) is 5.18. The van der Waals surface area contributed by atoms with Crippen molar-refractivity contribution in [3.05, 3.63) is 76.2 Å². The van der Waals surface area contributed by atoms with Crippen molar-refractivity contribution in [2.45, 2.75) is 12.1 Å². The highest BCUT2D eigenvalue weighted by Crippen LogP contribution is 2.41. The van der Waals surface area contributed by atoms with E-state index in [2.05, 4.69) is 20.1 Å². The second kappa shape index (κ2) is 8.94. The first kappa shape index (κ1) is 21.1. The molecule has 8 heteroatoms. The number of hydrogen-bond acceptors (Lipinski definition) is 4. The third kappa shape index (κ3) is 4.18. The lowest BCUT2D eigenvalue weighted by Gasteiger charge is -2.27. The van der Waals surface area contributed by atoms with Crippen molar-refractivity contribution in [2.24, 2.45) is 0 Å². The van der Waals surface area contributed by atoms with Crippen molar-refractivity contribution >= 4 is 40.5 Å². The zero-order valence-corrected chi connectivity index (χ0v) is 19.0. The molecule has 4 rings (SSSR count). The van der Waals surface area contributed by atoms with E-state index >= 15 is 0 Å². The van der Waals surface area contributed by atoms with Crippen LogP contribution >= 0.6 is 35.4 Å².